The third-order valence-corrected chi connectivity index (χ3v) is 2.35. The zero-order chi connectivity index (χ0) is 11.0. The fourth-order valence-electron chi connectivity index (χ4n) is 1.31. The second kappa shape index (κ2) is 7.80. The fraction of sp³-hybridized carbons (Fsp3) is 0.909. The van der Waals surface area contributed by atoms with Gasteiger partial charge in [0.1, 0.15) is 0 Å². The number of aliphatic hydroxyl groups excluding tert-OH is 1. The van der Waals surface area contributed by atoms with E-state index in [-0.39, 0.29) is 18.3 Å². The number of rotatable bonds is 7. The van der Waals surface area contributed by atoms with Gasteiger partial charge < -0.3 is 9.84 Å². The minimum Gasteiger partial charge on any atom is -0.466 e. The first kappa shape index (κ1) is 13.4. The predicted molar refractivity (Wildman–Crippen MR) is 55.9 cm³/mol. The number of hydrogen-bond acceptors (Lipinski definition) is 3. The molecule has 0 saturated carbocycles. The second-order valence-electron chi connectivity index (χ2n) is 3.70. The van der Waals surface area contributed by atoms with Gasteiger partial charge in [-0.2, -0.15) is 0 Å². The zero-order valence-electron chi connectivity index (χ0n) is 9.45. The lowest BCUT2D eigenvalue weighted by Gasteiger charge is -2.17. The van der Waals surface area contributed by atoms with E-state index in [1.54, 1.807) is 6.92 Å². The fourth-order valence-corrected chi connectivity index (χ4v) is 1.31. The molecule has 0 aliphatic heterocycles. The van der Waals surface area contributed by atoms with Crippen molar-refractivity contribution in [2.24, 2.45) is 5.92 Å². The third-order valence-electron chi connectivity index (χ3n) is 2.35. The van der Waals surface area contributed by atoms with E-state index < -0.39 is 6.10 Å². The number of unbranched alkanes of at least 4 members (excludes halogenated alkanes) is 1. The first-order valence-corrected chi connectivity index (χ1v) is 5.45. The molecule has 0 bridgehead atoms. The van der Waals surface area contributed by atoms with Crippen molar-refractivity contribution in [3.8, 4) is 0 Å². The number of esters is 1. The molecule has 3 heteroatoms. The molecule has 0 unspecified atom stereocenters. The highest BCUT2D eigenvalue weighted by atomic mass is 16.5. The van der Waals surface area contributed by atoms with Gasteiger partial charge in [-0.15, -0.1) is 0 Å². The largest absolute Gasteiger partial charge is 0.466 e. The van der Waals surface area contributed by atoms with E-state index in [1.807, 2.05) is 6.92 Å². The predicted octanol–water partition coefficient (Wildman–Crippen LogP) is 2.13. The average Bonchev–Trinajstić information content (AvgIpc) is 2.14. The molecule has 3 nitrogen and oxygen atoms in total. The molecule has 0 fully saturated rings. The lowest BCUT2D eigenvalue weighted by atomic mass is 9.96. The van der Waals surface area contributed by atoms with Gasteiger partial charge in [-0.25, -0.2) is 0 Å². The van der Waals surface area contributed by atoms with Crippen LogP contribution in [0.3, 0.4) is 0 Å². The molecular formula is C11H22O3. The minimum atomic E-state index is -0.555. The number of carbonyl (C=O) groups excluding carboxylic acids is 1. The Morgan fingerprint density at radius 1 is 1.43 bits per heavy atom. The van der Waals surface area contributed by atoms with Crippen molar-refractivity contribution in [2.75, 3.05) is 6.61 Å². The summed E-state index contributed by atoms with van der Waals surface area (Å²) in [6.45, 7) is 6.24. The topological polar surface area (TPSA) is 46.5 Å². The van der Waals surface area contributed by atoms with Crippen LogP contribution in [0.25, 0.3) is 0 Å². The van der Waals surface area contributed by atoms with Gasteiger partial charge >= 0.3 is 5.97 Å². The summed E-state index contributed by atoms with van der Waals surface area (Å²) in [5, 5.41) is 9.64. The van der Waals surface area contributed by atoms with Crippen molar-refractivity contribution < 1.29 is 14.6 Å². The van der Waals surface area contributed by atoms with Crippen LogP contribution in [0.4, 0.5) is 0 Å². The Kier molecular flexibility index (Phi) is 7.48. The monoisotopic (exact) mass is 202 g/mol. The van der Waals surface area contributed by atoms with Crippen molar-refractivity contribution in [3.05, 3.63) is 0 Å². The maximum Gasteiger partial charge on any atom is 0.308 e. The van der Waals surface area contributed by atoms with Crippen LogP contribution in [0.2, 0.25) is 0 Å². The Balaban J connectivity index is 3.70. The zero-order valence-corrected chi connectivity index (χ0v) is 9.45. The first-order valence-electron chi connectivity index (χ1n) is 5.45. The second-order valence-corrected chi connectivity index (χ2v) is 3.70. The van der Waals surface area contributed by atoms with E-state index in [4.69, 9.17) is 4.74 Å². The van der Waals surface area contributed by atoms with Gasteiger partial charge in [0.25, 0.3) is 0 Å². The van der Waals surface area contributed by atoms with E-state index >= 15 is 0 Å². The van der Waals surface area contributed by atoms with Gasteiger partial charge in [-0.1, -0.05) is 26.7 Å². The normalized spacial score (nSPS) is 14.9. The summed E-state index contributed by atoms with van der Waals surface area (Å²) >= 11 is 0. The summed E-state index contributed by atoms with van der Waals surface area (Å²) in [5.74, 6) is -0.122. The molecule has 0 aliphatic rings. The number of carbonyl (C=O) groups is 1. The molecule has 84 valence electrons. The first-order chi connectivity index (χ1) is 6.61. The summed E-state index contributed by atoms with van der Waals surface area (Å²) in [4.78, 5) is 11.0. The highest BCUT2D eigenvalue weighted by Gasteiger charge is 2.17. The molecule has 0 amide bonds. The van der Waals surface area contributed by atoms with Crippen LogP contribution in [0.5, 0.6) is 0 Å². The maximum atomic E-state index is 11.0. The average molecular weight is 202 g/mol. The van der Waals surface area contributed by atoms with Gasteiger partial charge in [0.15, 0.2) is 0 Å². The molecule has 0 spiro atoms. The van der Waals surface area contributed by atoms with E-state index in [2.05, 4.69) is 6.92 Å². The highest BCUT2D eigenvalue weighted by molar-refractivity contribution is 5.69. The Morgan fingerprint density at radius 3 is 2.57 bits per heavy atom. The SMILES string of the molecule is CCCC[C@H](C)[C@H](O)CC(=O)OCC. The van der Waals surface area contributed by atoms with E-state index in [1.165, 1.54) is 0 Å². The number of ether oxygens (including phenoxy) is 1. The Morgan fingerprint density at radius 2 is 2.07 bits per heavy atom. The third kappa shape index (κ3) is 5.97. The van der Waals surface area contributed by atoms with Crippen molar-refractivity contribution in [2.45, 2.75) is 52.6 Å². The molecular weight excluding hydrogens is 180 g/mol. The summed E-state index contributed by atoms with van der Waals surface area (Å²) in [6.07, 6.45) is 2.76. The van der Waals surface area contributed by atoms with Gasteiger partial charge in [0.2, 0.25) is 0 Å². The highest BCUT2D eigenvalue weighted by Crippen LogP contribution is 2.15. The lowest BCUT2D eigenvalue weighted by Crippen LogP contribution is -2.22. The van der Waals surface area contributed by atoms with Crippen LogP contribution in [-0.4, -0.2) is 23.8 Å². The molecule has 0 radical (unpaired) electrons. The van der Waals surface area contributed by atoms with Crippen LogP contribution in [0.15, 0.2) is 0 Å². The molecule has 0 aliphatic carbocycles. The van der Waals surface area contributed by atoms with Crippen molar-refractivity contribution in [1.82, 2.24) is 0 Å². The summed E-state index contributed by atoms with van der Waals surface area (Å²) in [5.41, 5.74) is 0. The molecule has 1 N–H and O–H groups in total. The molecule has 0 heterocycles. The quantitative estimate of drug-likeness (QED) is 0.643. The molecule has 0 aromatic rings. The summed E-state index contributed by atoms with van der Waals surface area (Å²) < 4.78 is 4.77. The van der Waals surface area contributed by atoms with Gasteiger partial charge in [0, 0.05) is 0 Å². The number of aliphatic hydroxyl groups is 1. The minimum absolute atomic E-state index is 0.124. The standard InChI is InChI=1S/C11H22O3/c1-4-6-7-9(3)10(12)8-11(13)14-5-2/h9-10,12H,4-8H2,1-3H3/t9-,10+/m0/s1. The molecule has 0 aromatic heterocycles. The molecule has 2 atom stereocenters. The van der Waals surface area contributed by atoms with Gasteiger partial charge in [-0.05, 0) is 19.3 Å². The Hall–Kier alpha value is -0.570. The van der Waals surface area contributed by atoms with Crippen LogP contribution in [0.1, 0.15) is 46.5 Å². The van der Waals surface area contributed by atoms with E-state index in [9.17, 15) is 9.90 Å². The van der Waals surface area contributed by atoms with Crippen LogP contribution < -0.4 is 0 Å². The smallest absolute Gasteiger partial charge is 0.308 e. The van der Waals surface area contributed by atoms with Crippen LogP contribution >= 0.6 is 0 Å². The molecule has 0 aromatic carbocycles. The van der Waals surface area contributed by atoms with Crippen molar-refractivity contribution in [3.63, 3.8) is 0 Å². The van der Waals surface area contributed by atoms with E-state index in [0.717, 1.165) is 19.3 Å². The molecule has 14 heavy (non-hydrogen) atoms. The van der Waals surface area contributed by atoms with Crippen molar-refractivity contribution >= 4 is 5.97 Å². The number of hydrogen-bond donors (Lipinski definition) is 1. The van der Waals surface area contributed by atoms with Gasteiger partial charge in [0.05, 0.1) is 19.1 Å². The van der Waals surface area contributed by atoms with Crippen LogP contribution in [0, 0.1) is 5.92 Å². The van der Waals surface area contributed by atoms with E-state index in [0.29, 0.717) is 6.61 Å². The summed E-state index contributed by atoms with van der Waals surface area (Å²) in [7, 11) is 0. The van der Waals surface area contributed by atoms with Crippen molar-refractivity contribution in [1.29, 1.82) is 0 Å². The van der Waals surface area contributed by atoms with Gasteiger partial charge in [-0.3, -0.25) is 4.79 Å². The lowest BCUT2D eigenvalue weighted by molar-refractivity contribution is -0.146. The van der Waals surface area contributed by atoms with Crippen LogP contribution in [-0.2, 0) is 9.53 Å². The molecule has 0 saturated heterocycles. The molecule has 0 rings (SSSR count). The summed E-state index contributed by atoms with van der Waals surface area (Å²) in [6, 6.07) is 0. The maximum absolute atomic E-state index is 11.0. The Bertz CT molecular complexity index is 157. The Labute approximate surface area is 86.5 Å².